The van der Waals surface area contributed by atoms with Gasteiger partial charge in [-0.3, -0.25) is 0 Å². The zero-order valence-corrected chi connectivity index (χ0v) is 8.58. The largest absolute Gasteiger partial charge is 0.126 e. The Labute approximate surface area is 80.7 Å². The molecule has 2 aliphatic carbocycles. The van der Waals surface area contributed by atoms with Crippen molar-refractivity contribution in [3.8, 4) is 0 Å². The van der Waals surface area contributed by atoms with Crippen LogP contribution in [0.2, 0.25) is 0 Å². The normalized spacial score (nSPS) is 28.8. The van der Waals surface area contributed by atoms with E-state index in [1.165, 1.54) is 51.4 Å². The topological polar surface area (TPSA) is 0 Å². The van der Waals surface area contributed by atoms with E-state index in [0.717, 1.165) is 11.8 Å². The second kappa shape index (κ2) is 3.57. The van der Waals surface area contributed by atoms with Crippen molar-refractivity contribution in [3.05, 3.63) is 0 Å². The molecule has 2 fully saturated rings. The smallest absolute Gasteiger partial charge is 0.0280 e. The summed E-state index contributed by atoms with van der Waals surface area (Å²) >= 11 is 6.04. The van der Waals surface area contributed by atoms with Crippen molar-refractivity contribution in [2.45, 2.75) is 51.4 Å². The van der Waals surface area contributed by atoms with Crippen LogP contribution in [-0.2, 0) is 0 Å². The number of alkyl halides is 1. The van der Waals surface area contributed by atoms with Gasteiger partial charge >= 0.3 is 0 Å². The Hall–Kier alpha value is 0.290. The summed E-state index contributed by atoms with van der Waals surface area (Å²) in [6, 6.07) is 0. The van der Waals surface area contributed by atoms with E-state index in [0.29, 0.717) is 5.41 Å². The van der Waals surface area contributed by atoms with Gasteiger partial charge in [0.1, 0.15) is 0 Å². The molecule has 0 saturated heterocycles. The predicted octanol–water partition coefficient (Wildman–Crippen LogP) is 3.98. The summed E-state index contributed by atoms with van der Waals surface area (Å²) in [5, 5.41) is 0. The number of hydrogen-bond acceptors (Lipinski definition) is 0. The van der Waals surface area contributed by atoms with Crippen LogP contribution in [0.4, 0.5) is 0 Å². The number of halogens is 1. The minimum atomic E-state index is 0.594. The van der Waals surface area contributed by atoms with E-state index < -0.39 is 0 Å². The van der Waals surface area contributed by atoms with Crippen LogP contribution in [0.15, 0.2) is 0 Å². The highest BCUT2D eigenvalue weighted by Crippen LogP contribution is 2.49. The molecule has 12 heavy (non-hydrogen) atoms. The third-order valence-corrected chi connectivity index (χ3v) is 4.46. The van der Waals surface area contributed by atoms with Crippen LogP contribution in [0.25, 0.3) is 0 Å². The third-order valence-electron chi connectivity index (χ3n) is 3.89. The highest BCUT2D eigenvalue weighted by Gasteiger charge is 2.38. The van der Waals surface area contributed by atoms with Crippen LogP contribution < -0.4 is 0 Å². The minimum Gasteiger partial charge on any atom is -0.126 e. The Morgan fingerprint density at radius 3 is 2.17 bits per heavy atom. The van der Waals surface area contributed by atoms with Gasteiger partial charge in [-0.1, -0.05) is 32.1 Å². The Bertz CT molecular complexity index is 138. The minimum absolute atomic E-state index is 0.594. The number of rotatable bonds is 3. The van der Waals surface area contributed by atoms with Crippen LogP contribution in [-0.4, -0.2) is 5.88 Å². The van der Waals surface area contributed by atoms with Crippen molar-refractivity contribution in [1.82, 2.24) is 0 Å². The molecule has 0 atom stereocenters. The van der Waals surface area contributed by atoms with E-state index in [-0.39, 0.29) is 0 Å². The first-order chi connectivity index (χ1) is 5.85. The summed E-state index contributed by atoms with van der Waals surface area (Å²) in [7, 11) is 0. The van der Waals surface area contributed by atoms with E-state index in [1.807, 2.05) is 0 Å². The molecule has 0 aromatic heterocycles. The van der Waals surface area contributed by atoms with Gasteiger partial charge in [-0.25, -0.2) is 0 Å². The van der Waals surface area contributed by atoms with Crippen molar-refractivity contribution in [2.75, 3.05) is 5.88 Å². The first kappa shape index (κ1) is 8.87. The van der Waals surface area contributed by atoms with Crippen LogP contribution >= 0.6 is 11.6 Å². The quantitative estimate of drug-likeness (QED) is 0.585. The van der Waals surface area contributed by atoms with Crippen molar-refractivity contribution < 1.29 is 0 Å². The zero-order chi connectivity index (χ0) is 8.44. The lowest BCUT2D eigenvalue weighted by atomic mass is 9.65. The van der Waals surface area contributed by atoms with Crippen molar-refractivity contribution in [1.29, 1.82) is 0 Å². The van der Waals surface area contributed by atoms with Gasteiger partial charge in [0, 0.05) is 5.88 Å². The molecule has 0 radical (unpaired) electrons. The van der Waals surface area contributed by atoms with E-state index >= 15 is 0 Å². The number of hydrogen-bond donors (Lipinski definition) is 0. The van der Waals surface area contributed by atoms with Crippen molar-refractivity contribution in [2.24, 2.45) is 11.3 Å². The summed E-state index contributed by atoms with van der Waals surface area (Å²) in [4.78, 5) is 0. The molecule has 0 amide bonds. The molecular formula is C11H19Cl. The summed E-state index contributed by atoms with van der Waals surface area (Å²) in [6.07, 6.45) is 11.6. The Morgan fingerprint density at radius 2 is 1.75 bits per heavy atom. The van der Waals surface area contributed by atoms with Crippen LogP contribution in [0.1, 0.15) is 51.4 Å². The fourth-order valence-corrected chi connectivity index (χ4v) is 3.27. The molecule has 2 saturated carbocycles. The lowest BCUT2D eigenvalue weighted by molar-refractivity contribution is 0.122. The van der Waals surface area contributed by atoms with E-state index in [9.17, 15) is 0 Å². The van der Waals surface area contributed by atoms with Gasteiger partial charge in [0.05, 0.1) is 0 Å². The highest BCUT2D eigenvalue weighted by atomic mass is 35.5. The van der Waals surface area contributed by atoms with Gasteiger partial charge in [-0.05, 0) is 30.6 Å². The molecule has 0 bridgehead atoms. The molecule has 1 heteroatoms. The van der Waals surface area contributed by atoms with E-state index in [4.69, 9.17) is 11.6 Å². The predicted molar refractivity (Wildman–Crippen MR) is 53.6 cm³/mol. The van der Waals surface area contributed by atoms with Gasteiger partial charge in [-0.2, -0.15) is 0 Å². The lowest BCUT2D eigenvalue weighted by Gasteiger charge is -2.42. The summed E-state index contributed by atoms with van der Waals surface area (Å²) < 4.78 is 0. The van der Waals surface area contributed by atoms with E-state index in [2.05, 4.69) is 0 Å². The van der Waals surface area contributed by atoms with Crippen molar-refractivity contribution in [3.63, 3.8) is 0 Å². The maximum atomic E-state index is 6.04. The molecule has 0 nitrogen and oxygen atoms in total. The van der Waals surface area contributed by atoms with Gasteiger partial charge in [0.2, 0.25) is 0 Å². The molecule has 0 aromatic carbocycles. The lowest BCUT2D eigenvalue weighted by Crippen LogP contribution is -2.33. The average Bonchev–Trinajstić information content (AvgIpc) is 2.49. The van der Waals surface area contributed by atoms with Crippen LogP contribution in [0.3, 0.4) is 0 Å². The fraction of sp³-hybridized carbons (Fsp3) is 1.00. The van der Waals surface area contributed by atoms with E-state index in [1.54, 1.807) is 0 Å². The molecular weight excluding hydrogens is 168 g/mol. The second-order valence-electron chi connectivity index (χ2n) is 4.84. The average molecular weight is 187 g/mol. The molecule has 0 aliphatic heterocycles. The van der Waals surface area contributed by atoms with Crippen LogP contribution in [0.5, 0.6) is 0 Å². The molecule has 0 unspecified atom stereocenters. The zero-order valence-electron chi connectivity index (χ0n) is 7.82. The first-order valence-electron chi connectivity index (χ1n) is 5.41. The second-order valence-corrected chi connectivity index (χ2v) is 5.11. The summed E-state index contributed by atoms with van der Waals surface area (Å²) in [5.41, 5.74) is 0.594. The molecule has 0 spiro atoms. The molecule has 0 N–H and O–H groups in total. The third kappa shape index (κ3) is 1.64. The van der Waals surface area contributed by atoms with Gasteiger partial charge < -0.3 is 0 Å². The van der Waals surface area contributed by atoms with Crippen molar-refractivity contribution >= 4 is 11.6 Å². The Balaban J connectivity index is 1.83. The maximum absolute atomic E-state index is 6.04. The SMILES string of the molecule is ClCC1(CC2CCCC2)CCC1. The Morgan fingerprint density at radius 1 is 1.08 bits per heavy atom. The van der Waals surface area contributed by atoms with Gasteiger partial charge in [0.25, 0.3) is 0 Å². The summed E-state index contributed by atoms with van der Waals surface area (Å²) in [5.74, 6) is 1.95. The Kier molecular flexibility index (Phi) is 2.64. The first-order valence-corrected chi connectivity index (χ1v) is 5.94. The fourth-order valence-electron chi connectivity index (χ4n) is 2.90. The van der Waals surface area contributed by atoms with Gasteiger partial charge in [0.15, 0.2) is 0 Å². The summed E-state index contributed by atoms with van der Waals surface area (Å²) in [6.45, 7) is 0. The molecule has 0 aromatic rings. The van der Waals surface area contributed by atoms with Crippen LogP contribution in [0, 0.1) is 11.3 Å². The molecule has 70 valence electrons. The molecule has 0 heterocycles. The van der Waals surface area contributed by atoms with Gasteiger partial charge in [-0.15, -0.1) is 11.6 Å². The molecule has 2 rings (SSSR count). The maximum Gasteiger partial charge on any atom is 0.0280 e. The monoisotopic (exact) mass is 186 g/mol. The standard InChI is InChI=1S/C11H19Cl/c12-9-11(6-3-7-11)8-10-4-1-2-5-10/h10H,1-9H2. The highest BCUT2D eigenvalue weighted by molar-refractivity contribution is 6.18. The molecule has 2 aliphatic rings.